The molecule has 0 bridgehead atoms. The lowest BCUT2D eigenvalue weighted by Crippen LogP contribution is -2.39. The van der Waals surface area contributed by atoms with Crippen LogP contribution in [-0.4, -0.2) is 63.4 Å². The van der Waals surface area contributed by atoms with Crippen LogP contribution in [0.1, 0.15) is 27.2 Å². The molecule has 9 heteroatoms. The van der Waals surface area contributed by atoms with Crippen LogP contribution in [0.4, 0.5) is 0 Å². The smallest absolute Gasteiger partial charge is 0.308 e. The van der Waals surface area contributed by atoms with Gasteiger partial charge >= 0.3 is 5.97 Å². The van der Waals surface area contributed by atoms with Gasteiger partial charge in [-0.15, -0.1) is 0 Å². The molecule has 0 saturated carbocycles. The van der Waals surface area contributed by atoms with Crippen molar-refractivity contribution in [1.82, 2.24) is 9.73 Å². The van der Waals surface area contributed by atoms with Gasteiger partial charge < -0.3 is 14.9 Å². The summed E-state index contributed by atoms with van der Waals surface area (Å²) in [4.78, 5) is 11.8. The van der Waals surface area contributed by atoms with Gasteiger partial charge in [-0.1, -0.05) is 0 Å². The number of sulfonamides is 1. The van der Waals surface area contributed by atoms with E-state index in [1.54, 1.807) is 20.8 Å². The molecule has 1 unspecified atom stereocenters. The Morgan fingerprint density at radius 3 is 2.57 bits per heavy atom. The van der Waals surface area contributed by atoms with E-state index in [4.69, 9.17) is 9.47 Å². The van der Waals surface area contributed by atoms with Gasteiger partial charge in [-0.2, -0.15) is 9.41 Å². The first-order valence-corrected chi connectivity index (χ1v) is 8.83. The third-order valence-electron chi connectivity index (χ3n) is 2.88. The fourth-order valence-electron chi connectivity index (χ4n) is 1.92. The van der Waals surface area contributed by atoms with Crippen LogP contribution in [0.25, 0.3) is 0 Å². The number of hydrogen-bond acceptors (Lipinski definition) is 7. The maximum absolute atomic E-state index is 12.2. The Bertz CT molecular complexity index is 533. The van der Waals surface area contributed by atoms with Gasteiger partial charge in [0.05, 0.1) is 25.7 Å². The van der Waals surface area contributed by atoms with Crippen molar-refractivity contribution in [1.29, 1.82) is 0 Å². The summed E-state index contributed by atoms with van der Waals surface area (Å²) in [7, 11) is -3.55. The molecule has 0 aromatic rings. The number of carbonyl (C=O) groups is 1. The second kappa shape index (κ2) is 8.42. The van der Waals surface area contributed by atoms with Gasteiger partial charge in [0.2, 0.25) is 10.0 Å². The van der Waals surface area contributed by atoms with E-state index in [-0.39, 0.29) is 6.42 Å². The Morgan fingerprint density at radius 1 is 1.43 bits per heavy atom. The van der Waals surface area contributed by atoms with Crippen LogP contribution in [0.5, 0.6) is 0 Å². The molecule has 0 aromatic heterocycles. The zero-order chi connectivity index (χ0) is 17.5. The first-order valence-electron chi connectivity index (χ1n) is 7.33. The summed E-state index contributed by atoms with van der Waals surface area (Å²) >= 11 is 0. The molecule has 1 atom stereocenters. The molecule has 1 heterocycles. The van der Waals surface area contributed by atoms with Crippen LogP contribution < -0.4 is 5.43 Å². The third kappa shape index (κ3) is 7.58. The highest BCUT2D eigenvalue weighted by atomic mass is 32.2. The molecule has 0 aliphatic carbocycles. The Morgan fingerprint density at radius 2 is 2.04 bits per heavy atom. The number of hydrogen-bond donors (Lipinski definition) is 1. The summed E-state index contributed by atoms with van der Waals surface area (Å²) in [6, 6.07) is -0.613. The molecule has 1 N–H and O–H groups in total. The lowest BCUT2D eigenvalue weighted by molar-refractivity contribution is -0.155. The van der Waals surface area contributed by atoms with Crippen molar-refractivity contribution in [3.8, 4) is 0 Å². The molecular weight excluding hydrogens is 322 g/mol. The van der Waals surface area contributed by atoms with Crippen molar-refractivity contribution in [2.24, 2.45) is 5.10 Å². The SMILES string of the molecule is C=NNC(C=CS(=O)(=O)N1CCOCC1)CC(=O)OC(C)(C)C. The molecule has 0 aromatic carbocycles. The fourth-order valence-corrected chi connectivity index (χ4v) is 3.14. The monoisotopic (exact) mass is 347 g/mol. The van der Waals surface area contributed by atoms with Gasteiger partial charge in [0.15, 0.2) is 0 Å². The summed E-state index contributed by atoms with van der Waals surface area (Å²) in [6.45, 7) is 9.96. The molecule has 1 fully saturated rings. The van der Waals surface area contributed by atoms with Crippen LogP contribution >= 0.6 is 0 Å². The molecule has 0 radical (unpaired) electrons. The first-order chi connectivity index (χ1) is 10.6. The molecule has 8 nitrogen and oxygen atoms in total. The summed E-state index contributed by atoms with van der Waals surface area (Å²) in [5.41, 5.74) is 1.99. The standard InChI is InChI=1S/C14H25N3O5S/c1-14(2,3)22-13(18)11-12(16-15-4)5-10-23(19,20)17-6-8-21-9-7-17/h5,10,12,16H,4,6-9,11H2,1-3H3. The normalized spacial score (nSPS) is 18.6. The number of carbonyl (C=O) groups excluding carboxylic acids is 1. The quantitative estimate of drug-likeness (QED) is 0.408. The van der Waals surface area contributed by atoms with E-state index < -0.39 is 27.6 Å². The van der Waals surface area contributed by atoms with Crippen molar-refractivity contribution in [2.75, 3.05) is 26.3 Å². The van der Waals surface area contributed by atoms with Crippen molar-refractivity contribution in [3.63, 3.8) is 0 Å². The topological polar surface area (TPSA) is 97.3 Å². The van der Waals surface area contributed by atoms with Gasteiger partial charge in [-0.25, -0.2) is 8.42 Å². The lowest BCUT2D eigenvalue weighted by Gasteiger charge is -2.24. The highest BCUT2D eigenvalue weighted by molar-refractivity contribution is 7.92. The molecule has 1 aliphatic heterocycles. The molecule has 1 rings (SSSR count). The number of morpholine rings is 1. The van der Waals surface area contributed by atoms with Gasteiger partial charge in [0.25, 0.3) is 0 Å². The van der Waals surface area contributed by atoms with Crippen LogP contribution in [0.15, 0.2) is 16.6 Å². The van der Waals surface area contributed by atoms with E-state index >= 15 is 0 Å². The van der Waals surface area contributed by atoms with Gasteiger partial charge in [-0.05, 0) is 26.8 Å². The minimum Gasteiger partial charge on any atom is -0.460 e. The molecule has 0 spiro atoms. The zero-order valence-electron chi connectivity index (χ0n) is 13.8. The number of rotatable bonds is 7. The van der Waals surface area contributed by atoms with Crippen LogP contribution in [0, 0.1) is 0 Å². The maximum Gasteiger partial charge on any atom is 0.308 e. The minimum absolute atomic E-state index is 0.0502. The summed E-state index contributed by atoms with van der Waals surface area (Å²) in [5, 5.41) is 4.59. The van der Waals surface area contributed by atoms with Crippen molar-refractivity contribution in [3.05, 3.63) is 11.5 Å². The van der Waals surface area contributed by atoms with Crippen LogP contribution in [0.3, 0.4) is 0 Å². The molecular formula is C14H25N3O5S. The van der Waals surface area contributed by atoms with E-state index in [2.05, 4.69) is 17.2 Å². The lowest BCUT2D eigenvalue weighted by atomic mass is 10.2. The second-order valence-electron chi connectivity index (χ2n) is 6.07. The summed E-state index contributed by atoms with van der Waals surface area (Å²) in [5.74, 6) is -0.452. The van der Waals surface area contributed by atoms with Crippen molar-refractivity contribution in [2.45, 2.75) is 38.8 Å². The maximum atomic E-state index is 12.2. The van der Waals surface area contributed by atoms with E-state index in [0.29, 0.717) is 26.3 Å². The zero-order valence-corrected chi connectivity index (χ0v) is 14.6. The Balaban J connectivity index is 2.70. The van der Waals surface area contributed by atoms with E-state index in [9.17, 15) is 13.2 Å². The number of ether oxygens (including phenoxy) is 2. The number of hydrazone groups is 1. The van der Waals surface area contributed by atoms with Crippen LogP contribution in [-0.2, 0) is 24.3 Å². The third-order valence-corrected chi connectivity index (χ3v) is 4.46. The molecule has 1 aliphatic rings. The molecule has 23 heavy (non-hydrogen) atoms. The number of nitrogens with one attached hydrogen (secondary N) is 1. The van der Waals surface area contributed by atoms with Gasteiger partial charge in [0.1, 0.15) is 5.60 Å². The van der Waals surface area contributed by atoms with Gasteiger partial charge in [0, 0.05) is 25.2 Å². The average Bonchev–Trinajstić information content (AvgIpc) is 2.44. The van der Waals surface area contributed by atoms with Crippen LogP contribution in [0.2, 0.25) is 0 Å². The molecule has 132 valence electrons. The van der Waals surface area contributed by atoms with E-state index in [1.807, 2.05) is 0 Å². The number of nitrogens with zero attached hydrogens (tertiary/aromatic N) is 2. The van der Waals surface area contributed by atoms with Gasteiger partial charge in [-0.3, -0.25) is 4.79 Å². The Kier molecular flexibility index (Phi) is 7.17. The first kappa shape index (κ1) is 19.6. The highest BCUT2D eigenvalue weighted by Gasteiger charge is 2.23. The highest BCUT2D eigenvalue weighted by Crippen LogP contribution is 2.11. The minimum atomic E-state index is -3.55. The molecule has 0 amide bonds. The summed E-state index contributed by atoms with van der Waals surface area (Å²) < 4.78 is 36.1. The fraction of sp³-hybridized carbons (Fsp3) is 0.714. The van der Waals surface area contributed by atoms with Crippen molar-refractivity contribution >= 4 is 22.7 Å². The Hall–Kier alpha value is -1.45. The second-order valence-corrected chi connectivity index (χ2v) is 7.89. The largest absolute Gasteiger partial charge is 0.460 e. The van der Waals surface area contributed by atoms with E-state index in [1.165, 1.54) is 10.4 Å². The Labute approximate surface area is 137 Å². The van der Waals surface area contributed by atoms with Crippen molar-refractivity contribution < 1.29 is 22.7 Å². The summed E-state index contributed by atoms with van der Waals surface area (Å²) in [6.07, 6.45) is 1.33. The average molecular weight is 347 g/mol. The number of esters is 1. The predicted molar refractivity (Wildman–Crippen MR) is 87.4 cm³/mol. The predicted octanol–water partition coefficient (Wildman–Crippen LogP) is 0.468. The van der Waals surface area contributed by atoms with E-state index in [0.717, 1.165) is 5.41 Å². The molecule has 1 saturated heterocycles.